The molecule has 4 rings (SSSR count). The summed E-state index contributed by atoms with van der Waals surface area (Å²) < 4.78 is 34.6. The van der Waals surface area contributed by atoms with Crippen LogP contribution in [0.15, 0.2) is 90.3 Å². The smallest absolute Gasteiger partial charge is 0.354 e. The van der Waals surface area contributed by atoms with Gasteiger partial charge in [0.05, 0.1) is 18.5 Å². The Morgan fingerprint density at radius 1 is 0.956 bits per heavy atom. The number of rotatable bonds is 14. The van der Waals surface area contributed by atoms with Crippen molar-refractivity contribution in [1.82, 2.24) is 19.5 Å². The van der Waals surface area contributed by atoms with Gasteiger partial charge in [0.1, 0.15) is 11.8 Å². The molecule has 11 nitrogen and oxygen atoms in total. The van der Waals surface area contributed by atoms with E-state index in [1.807, 2.05) is 74.7 Å². The molecule has 0 radical (unpaired) electrons. The van der Waals surface area contributed by atoms with E-state index in [4.69, 9.17) is 19.0 Å². The SMILES string of the molecule is CC(C)OP(=O)(/C=C/C(CO[Si](c1ccccc1)(c1ccccc1)C(C)(C)C)Cn1cnc2c(N=[N+]=[N-])ncnc21)OC(C)C. The Kier molecular flexibility index (Phi) is 11.1. The van der Waals surface area contributed by atoms with E-state index >= 15 is 0 Å². The molecule has 238 valence electrons. The molecule has 0 amide bonds. The van der Waals surface area contributed by atoms with Gasteiger partial charge in [-0.2, -0.15) is 0 Å². The summed E-state index contributed by atoms with van der Waals surface area (Å²) in [7, 11) is -6.47. The first-order valence-corrected chi connectivity index (χ1v) is 18.5. The Bertz CT molecular complexity index is 1630. The van der Waals surface area contributed by atoms with E-state index in [2.05, 4.69) is 70.0 Å². The molecular formula is C32H42N7O4PSi. The Balaban J connectivity index is 1.81. The van der Waals surface area contributed by atoms with Crippen molar-refractivity contribution in [3.8, 4) is 0 Å². The van der Waals surface area contributed by atoms with Crippen LogP contribution in [-0.2, 0) is 24.6 Å². The van der Waals surface area contributed by atoms with Gasteiger partial charge < -0.3 is 18.0 Å². The standard InChI is InChI=1S/C32H42N7O4PSi/c1-24(2)42-44(40,43-25(3)4)19-18-26(20-39-23-36-29-30(37-38-33)34-22-35-31(29)39)21-41-45(32(5,6)7,27-14-10-8-11-15-27)28-16-12-9-13-17-28/h8-19,22-26H,20-21H2,1-7H3/b19-18+. The summed E-state index contributed by atoms with van der Waals surface area (Å²) in [4.78, 5) is 15.8. The van der Waals surface area contributed by atoms with Crippen molar-refractivity contribution in [2.45, 2.75) is 72.3 Å². The second-order valence-corrected chi connectivity index (χ2v) is 18.5. The molecule has 0 aliphatic heterocycles. The van der Waals surface area contributed by atoms with E-state index in [0.29, 0.717) is 24.3 Å². The van der Waals surface area contributed by atoms with Crippen LogP contribution in [0.25, 0.3) is 21.6 Å². The average Bonchev–Trinajstić information content (AvgIpc) is 3.39. The molecule has 2 aromatic heterocycles. The fourth-order valence-corrected chi connectivity index (χ4v) is 11.9. The van der Waals surface area contributed by atoms with Crippen molar-refractivity contribution in [2.24, 2.45) is 11.0 Å². The summed E-state index contributed by atoms with van der Waals surface area (Å²) in [5.74, 6) is 1.39. The second-order valence-electron chi connectivity index (χ2n) is 12.4. The highest BCUT2D eigenvalue weighted by molar-refractivity contribution is 7.57. The summed E-state index contributed by atoms with van der Waals surface area (Å²) >= 11 is 0. The van der Waals surface area contributed by atoms with Crippen LogP contribution in [0, 0.1) is 5.92 Å². The van der Waals surface area contributed by atoms with E-state index in [9.17, 15) is 4.57 Å². The Labute approximate surface area is 266 Å². The van der Waals surface area contributed by atoms with Crippen LogP contribution >= 0.6 is 7.60 Å². The van der Waals surface area contributed by atoms with E-state index in [0.717, 1.165) is 10.4 Å². The predicted octanol–water partition coefficient (Wildman–Crippen LogP) is 7.52. The van der Waals surface area contributed by atoms with Gasteiger partial charge >= 0.3 is 7.60 Å². The van der Waals surface area contributed by atoms with Crippen LogP contribution in [0.3, 0.4) is 0 Å². The third-order valence-corrected chi connectivity index (χ3v) is 14.1. The minimum atomic E-state index is -3.58. The molecule has 0 spiro atoms. The fourth-order valence-electron chi connectivity index (χ4n) is 5.44. The molecule has 13 heteroatoms. The van der Waals surface area contributed by atoms with Crippen molar-refractivity contribution in [3.63, 3.8) is 0 Å². The molecule has 0 saturated carbocycles. The molecule has 1 atom stereocenters. The monoisotopic (exact) mass is 647 g/mol. The highest BCUT2D eigenvalue weighted by atomic mass is 31.2. The van der Waals surface area contributed by atoms with E-state index in [-0.39, 0.29) is 29.0 Å². The lowest BCUT2D eigenvalue weighted by Crippen LogP contribution is -2.66. The molecule has 0 saturated heterocycles. The molecule has 45 heavy (non-hydrogen) atoms. The molecule has 0 aliphatic rings. The van der Waals surface area contributed by atoms with Crippen molar-refractivity contribution in [3.05, 3.63) is 95.7 Å². The van der Waals surface area contributed by atoms with Crippen LogP contribution in [0.5, 0.6) is 0 Å². The average molecular weight is 648 g/mol. The molecule has 0 aliphatic carbocycles. The molecule has 4 aromatic rings. The topological polar surface area (TPSA) is 137 Å². The zero-order chi connectivity index (χ0) is 32.7. The van der Waals surface area contributed by atoms with Crippen LogP contribution in [0.4, 0.5) is 5.82 Å². The van der Waals surface area contributed by atoms with Gasteiger partial charge in [0.2, 0.25) is 0 Å². The van der Waals surface area contributed by atoms with Crippen molar-refractivity contribution in [1.29, 1.82) is 0 Å². The minimum Gasteiger partial charge on any atom is -0.407 e. The number of nitrogens with zero attached hydrogens (tertiary/aromatic N) is 7. The summed E-state index contributed by atoms with van der Waals surface area (Å²) in [5.41, 5.74) is 9.90. The van der Waals surface area contributed by atoms with Crippen LogP contribution in [0.2, 0.25) is 5.04 Å². The molecule has 2 aromatic carbocycles. The third-order valence-electron chi connectivity index (χ3n) is 7.14. The number of azide groups is 1. The number of imidazole rings is 1. The zero-order valence-corrected chi connectivity index (χ0v) is 28.8. The van der Waals surface area contributed by atoms with Gasteiger partial charge in [-0.3, -0.25) is 4.57 Å². The summed E-state index contributed by atoms with van der Waals surface area (Å²) in [6.45, 7) is 14.6. The molecular weight excluding hydrogens is 605 g/mol. The minimum absolute atomic E-state index is 0.150. The maximum absolute atomic E-state index is 13.8. The maximum Gasteiger partial charge on any atom is 0.354 e. The molecule has 2 heterocycles. The van der Waals surface area contributed by atoms with Gasteiger partial charge in [0, 0.05) is 29.8 Å². The van der Waals surface area contributed by atoms with Crippen molar-refractivity contribution >= 4 is 43.3 Å². The summed E-state index contributed by atoms with van der Waals surface area (Å²) in [5, 5.41) is 5.74. The zero-order valence-electron chi connectivity index (χ0n) is 26.9. The van der Waals surface area contributed by atoms with Gasteiger partial charge in [0.15, 0.2) is 11.5 Å². The van der Waals surface area contributed by atoms with Crippen LogP contribution in [0.1, 0.15) is 48.5 Å². The number of fused-ring (bicyclic) bond motifs is 1. The Morgan fingerprint density at radius 2 is 1.53 bits per heavy atom. The summed E-state index contributed by atoms with van der Waals surface area (Å²) in [6.07, 6.45) is 4.22. The molecule has 0 fully saturated rings. The van der Waals surface area contributed by atoms with Gasteiger partial charge in [-0.25, -0.2) is 15.0 Å². The van der Waals surface area contributed by atoms with E-state index < -0.39 is 15.9 Å². The number of benzene rings is 2. The molecule has 0 N–H and O–H groups in total. The van der Waals surface area contributed by atoms with E-state index in [1.165, 1.54) is 6.33 Å². The lowest BCUT2D eigenvalue weighted by atomic mass is 10.1. The maximum atomic E-state index is 13.8. The number of aromatic nitrogens is 4. The molecule has 0 bridgehead atoms. The largest absolute Gasteiger partial charge is 0.407 e. The lowest BCUT2D eigenvalue weighted by Gasteiger charge is -2.43. The Hall–Kier alpha value is -3.63. The highest BCUT2D eigenvalue weighted by Gasteiger charge is 2.50. The predicted molar refractivity (Wildman–Crippen MR) is 180 cm³/mol. The van der Waals surface area contributed by atoms with Crippen molar-refractivity contribution < 1.29 is 18.0 Å². The second kappa shape index (κ2) is 14.6. The first-order valence-electron chi connectivity index (χ1n) is 15.0. The normalized spacial score (nSPS) is 13.5. The van der Waals surface area contributed by atoms with Crippen LogP contribution < -0.4 is 10.4 Å². The van der Waals surface area contributed by atoms with Gasteiger partial charge in [0.25, 0.3) is 8.32 Å². The third kappa shape index (κ3) is 8.15. The van der Waals surface area contributed by atoms with E-state index in [1.54, 1.807) is 12.1 Å². The molecule has 1 unspecified atom stereocenters. The van der Waals surface area contributed by atoms with Gasteiger partial charge in [-0.15, -0.1) is 0 Å². The first-order chi connectivity index (χ1) is 21.4. The van der Waals surface area contributed by atoms with Gasteiger partial charge in [-0.05, 0) is 53.8 Å². The summed E-state index contributed by atoms with van der Waals surface area (Å²) in [6, 6.07) is 20.8. The van der Waals surface area contributed by atoms with Crippen molar-refractivity contribution in [2.75, 3.05) is 6.61 Å². The highest BCUT2D eigenvalue weighted by Crippen LogP contribution is 2.52. The number of hydrogen-bond acceptors (Lipinski definition) is 8. The van der Waals surface area contributed by atoms with Gasteiger partial charge in [-0.1, -0.05) is 87.5 Å². The number of hydrogen-bond donors (Lipinski definition) is 0. The first kappa shape index (κ1) is 34.2. The lowest BCUT2D eigenvalue weighted by molar-refractivity contribution is 0.149. The Morgan fingerprint density at radius 3 is 2.04 bits per heavy atom. The fraction of sp³-hybridized carbons (Fsp3) is 0.406. The van der Waals surface area contributed by atoms with Crippen LogP contribution in [-0.4, -0.2) is 46.7 Å². The quantitative estimate of drug-likeness (QED) is 0.0454.